The molecule has 0 unspecified atom stereocenters. The van der Waals surface area contributed by atoms with Crippen molar-refractivity contribution in [3.8, 4) is 0 Å². The molecule has 2 amide bonds. The van der Waals surface area contributed by atoms with Crippen molar-refractivity contribution in [2.75, 3.05) is 5.32 Å². The van der Waals surface area contributed by atoms with E-state index in [-0.39, 0.29) is 24.0 Å². The molecule has 5 heteroatoms. The molecule has 1 aliphatic heterocycles. The second-order valence-electron chi connectivity index (χ2n) is 7.88. The molecule has 0 atom stereocenters. The lowest BCUT2D eigenvalue weighted by atomic mass is 10.0. The number of benzene rings is 3. The number of halogens is 1. The third-order valence-electron chi connectivity index (χ3n) is 5.41. The third-order valence-corrected chi connectivity index (χ3v) is 5.41. The summed E-state index contributed by atoms with van der Waals surface area (Å²) in [7, 11) is 0. The molecule has 3 aromatic carbocycles. The molecule has 0 radical (unpaired) electrons. The predicted molar refractivity (Wildman–Crippen MR) is 120 cm³/mol. The van der Waals surface area contributed by atoms with Gasteiger partial charge in [-0.15, -0.1) is 0 Å². The van der Waals surface area contributed by atoms with E-state index in [0.29, 0.717) is 16.7 Å². The molecular formula is C26H23FN2O2. The van der Waals surface area contributed by atoms with Crippen LogP contribution >= 0.6 is 0 Å². The first-order chi connectivity index (χ1) is 14.8. The largest absolute Gasteiger partial charge is 0.350 e. The first kappa shape index (κ1) is 20.5. The average molecular weight is 414 g/mol. The minimum Gasteiger partial charge on any atom is -0.350 e. The quantitative estimate of drug-likeness (QED) is 0.588. The molecule has 0 saturated carbocycles. The molecule has 1 heterocycles. The zero-order valence-electron chi connectivity index (χ0n) is 17.7. The van der Waals surface area contributed by atoms with Crippen molar-refractivity contribution < 1.29 is 14.0 Å². The Bertz CT molecular complexity index is 1200. The van der Waals surface area contributed by atoms with Crippen LogP contribution in [-0.4, -0.2) is 16.7 Å². The van der Waals surface area contributed by atoms with Gasteiger partial charge in [0.15, 0.2) is 0 Å². The van der Waals surface area contributed by atoms with Gasteiger partial charge in [0.05, 0.1) is 12.1 Å². The van der Waals surface area contributed by atoms with Gasteiger partial charge in [0.1, 0.15) is 11.5 Å². The standard InChI is InChI=1S/C26H23FN2O2/c1-16-5-10-20(11-6-16)23-24(28-22-14-17(2)4-7-18(22)3)26(31)29(25(23)30)15-19-8-12-21(27)13-9-19/h4-14,28H,15H2,1-3H3. The fraction of sp³-hybridized carbons (Fsp3) is 0.154. The molecule has 3 aromatic rings. The molecule has 31 heavy (non-hydrogen) atoms. The molecule has 0 fully saturated rings. The molecule has 0 spiro atoms. The van der Waals surface area contributed by atoms with Gasteiger partial charge in [0, 0.05) is 5.69 Å². The zero-order chi connectivity index (χ0) is 22.1. The Hall–Kier alpha value is -3.73. The van der Waals surface area contributed by atoms with Crippen LogP contribution in [0.2, 0.25) is 0 Å². The van der Waals surface area contributed by atoms with E-state index in [1.807, 2.05) is 63.2 Å². The molecule has 0 bridgehead atoms. The lowest BCUT2D eigenvalue weighted by Gasteiger charge is -2.16. The van der Waals surface area contributed by atoms with Gasteiger partial charge >= 0.3 is 0 Å². The van der Waals surface area contributed by atoms with Crippen LogP contribution in [0, 0.1) is 26.6 Å². The Morgan fingerprint density at radius 2 is 1.45 bits per heavy atom. The lowest BCUT2D eigenvalue weighted by molar-refractivity contribution is -0.137. The van der Waals surface area contributed by atoms with Crippen molar-refractivity contribution in [2.24, 2.45) is 0 Å². The maximum Gasteiger partial charge on any atom is 0.278 e. The number of nitrogens with one attached hydrogen (secondary N) is 1. The Balaban J connectivity index is 1.76. The van der Waals surface area contributed by atoms with E-state index in [2.05, 4.69) is 5.32 Å². The van der Waals surface area contributed by atoms with Crippen LogP contribution in [0.25, 0.3) is 5.57 Å². The van der Waals surface area contributed by atoms with E-state index in [1.54, 1.807) is 12.1 Å². The van der Waals surface area contributed by atoms with Crippen LogP contribution < -0.4 is 5.32 Å². The summed E-state index contributed by atoms with van der Waals surface area (Å²) >= 11 is 0. The summed E-state index contributed by atoms with van der Waals surface area (Å²) in [5.74, 6) is -1.13. The summed E-state index contributed by atoms with van der Waals surface area (Å²) in [5.41, 5.74) is 5.82. The summed E-state index contributed by atoms with van der Waals surface area (Å²) in [6, 6.07) is 19.3. The molecule has 0 aliphatic carbocycles. The van der Waals surface area contributed by atoms with Gasteiger partial charge in [-0.25, -0.2) is 4.39 Å². The number of hydrogen-bond acceptors (Lipinski definition) is 3. The number of carbonyl (C=O) groups is 2. The number of amides is 2. The number of anilines is 1. The smallest absolute Gasteiger partial charge is 0.278 e. The van der Waals surface area contributed by atoms with Gasteiger partial charge in [-0.3, -0.25) is 14.5 Å². The van der Waals surface area contributed by atoms with Crippen LogP contribution in [0.4, 0.5) is 10.1 Å². The number of aryl methyl sites for hydroxylation is 3. The van der Waals surface area contributed by atoms with Crippen molar-refractivity contribution in [3.05, 3.63) is 106 Å². The van der Waals surface area contributed by atoms with E-state index in [0.717, 1.165) is 22.4 Å². The minimum atomic E-state index is -0.397. The maximum absolute atomic E-state index is 13.4. The van der Waals surface area contributed by atoms with Crippen LogP contribution in [0.3, 0.4) is 0 Å². The Morgan fingerprint density at radius 3 is 2.13 bits per heavy atom. The highest BCUT2D eigenvalue weighted by Gasteiger charge is 2.39. The molecule has 4 rings (SSSR count). The number of carbonyl (C=O) groups excluding carboxylic acids is 2. The molecule has 156 valence electrons. The highest BCUT2D eigenvalue weighted by atomic mass is 19.1. The fourth-order valence-corrected chi connectivity index (χ4v) is 3.60. The Morgan fingerprint density at radius 1 is 0.806 bits per heavy atom. The predicted octanol–water partition coefficient (Wildman–Crippen LogP) is 5.14. The maximum atomic E-state index is 13.4. The number of nitrogens with zero attached hydrogens (tertiary/aromatic N) is 1. The molecule has 1 aliphatic rings. The Kier molecular flexibility index (Phi) is 5.42. The first-order valence-corrected chi connectivity index (χ1v) is 10.1. The van der Waals surface area contributed by atoms with Crippen LogP contribution in [0.5, 0.6) is 0 Å². The molecular weight excluding hydrogens is 391 g/mol. The van der Waals surface area contributed by atoms with Gasteiger partial charge in [-0.2, -0.15) is 0 Å². The minimum absolute atomic E-state index is 0.0747. The fourth-order valence-electron chi connectivity index (χ4n) is 3.60. The van der Waals surface area contributed by atoms with Crippen molar-refractivity contribution in [2.45, 2.75) is 27.3 Å². The van der Waals surface area contributed by atoms with Crippen molar-refractivity contribution in [3.63, 3.8) is 0 Å². The lowest BCUT2D eigenvalue weighted by Crippen LogP contribution is -2.32. The number of imide groups is 1. The summed E-state index contributed by atoms with van der Waals surface area (Å²) < 4.78 is 13.3. The SMILES string of the molecule is Cc1ccc(C2=C(Nc3cc(C)ccc3C)C(=O)N(Cc3ccc(F)cc3)C2=O)cc1. The van der Waals surface area contributed by atoms with Gasteiger partial charge in [0.25, 0.3) is 11.8 Å². The second kappa shape index (κ2) is 8.19. The molecule has 0 saturated heterocycles. The van der Waals surface area contributed by atoms with Gasteiger partial charge < -0.3 is 5.32 Å². The van der Waals surface area contributed by atoms with Crippen molar-refractivity contribution >= 4 is 23.1 Å². The molecule has 0 aromatic heterocycles. The van der Waals surface area contributed by atoms with Crippen LogP contribution in [0.15, 0.2) is 72.4 Å². The average Bonchev–Trinajstić information content (AvgIpc) is 2.97. The van der Waals surface area contributed by atoms with Crippen LogP contribution in [-0.2, 0) is 16.1 Å². The summed E-state index contributed by atoms with van der Waals surface area (Å²) in [6.07, 6.45) is 0. The summed E-state index contributed by atoms with van der Waals surface area (Å²) in [5, 5.41) is 3.23. The number of rotatable bonds is 5. The highest BCUT2D eigenvalue weighted by Crippen LogP contribution is 2.32. The van der Waals surface area contributed by atoms with Gasteiger partial charge in [0.2, 0.25) is 0 Å². The topological polar surface area (TPSA) is 49.4 Å². The zero-order valence-corrected chi connectivity index (χ0v) is 17.7. The third kappa shape index (κ3) is 4.12. The summed E-state index contributed by atoms with van der Waals surface area (Å²) in [4.78, 5) is 27.9. The first-order valence-electron chi connectivity index (χ1n) is 10.1. The van der Waals surface area contributed by atoms with Crippen LogP contribution in [0.1, 0.15) is 27.8 Å². The number of hydrogen-bond donors (Lipinski definition) is 1. The molecule has 1 N–H and O–H groups in total. The van der Waals surface area contributed by atoms with E-state index in [1.165, 1.54) is 17.0 Å². The second-order valence-corrected chi connectivity index (χ2v) is 7.88. The van der Waals surface area contributed by atoms with E-state index >= 15 is 0 Å². The van der Waals surface area contributed by atoms with Gasteiger partial charge in [-0.05, 0) is 61.2 Å². The van der Waals surface area contributed by atoms with E-state index < -0.39 is 5.91 Å². The monoisotopic (exact) mass is 414 g/mol. The summed E-state index contributed by atoms with van der Waals surface area (Å²) in [6.45, 7) is 5.97. The molecule has 4 nitrogen and oxygen atoms in total. The van der Waals surface area contributed by atoms with Crippen molar-refractivity contribution in [1.29, 1.82) is 0 Å². The van der Waals surface area contributed by atoms with E-state index in [9.17, 15) is 14.0 Å². The van der Waals surface area contributed by atoms with E-state index in [4.69, 9.17) is 0 Å². The van der Waals surface area contributed by atoms with Crippen molar-refractivity contribution in [1.82, 2.24) is 4.90 Å². The highest BCUT2D eigenvalue weighted by molar-refractivity contribution is 6.36. The normalized spacial score (nSPS) is 13.9. The Labute approximate surface area is 181 Å². The van der Waals surface area contributed by atoms with Gasteiger partial charge in [-0.1, -0.05) is 54.1 Å².